The molecule has 304 valence electrons. The van der Waals surface area contributed by atoms with E-state index in [9.17, 15) is 8.78 Å². The Balaban J connectivity index is 0.000000167. The topological polar surface area (TPSA) is 82.1 Å². The highest BCUT2D eigenvalue weighted by Gasteiger charge is 2.23. The van der Waals surface area contributed by atoms with Crippen LogP contribution < -0.4 is 20.0 Å². The molecule has 1 saturated heterocycles. The van der Waals surface area contributed by atoms with Gasteiger partial charge in [0, 0.05) is 79.0 Å². The summed E-state index contributed by atoms with van der Waals surface area (Å²) in [5, 5.41) is 9.18. The Morgan fingerprint density at radius 1 is 0.678 bits per heavy atom. The first-order chi connectivity index (χ1) is 28.5. The van der Waals surface area contributed by atoms with Crippen LogP contribution in [-0.2, 0) is 12.8 Å². The molecule has 0 saturated carbocycles. The molecule has 2 aromatic carbocycles. The van der Waals surface area contributed by atoms with Crippen molar-refractivity contribution in [2.24, 2.45) is 0 Å². The number of hydrogen-bond donors (Lipinski definition) is 1. The molecular weight excluding hydrogens is 851 g/mol. The van der Waals surface area contributed by atoms with Crippen LogP contribution >= 0.6 is 38.6 Å². The predicted octanol–water partition coefficient (Wildman–Crippen LogP) is 10.6. The van der Waals surface area contributed by atoms with Gasteiger partial charge in [-0.05, 0) is 114 Å². The first-order valence-electron chi connectivity index (χ1n) is 19.6. The van der Waals surface area contributed by atoms with Gasteiger partial charge in [-0.1, -0.05) is 13.8 Å². The molecule has 9 rings (SSSR count). The zero-order valence-electron chi connectivity index (χ0n) is 33.8. The molecule has 1 fully saturated rings. The minimum absolute atomic E-state index is 0.240. The van der Waals surface area contributed by atoms with Gasteiger partial charge in [0.25, 0.3) is 0 Å². The number of pyridine rings is 2. The summed E-state index contributed by atoms with van der Waals surface area (Å²) in [5.41, 5.74) is 11.0. The van der Waals surface area contributed by atoms with E-state index in [1.165, 1.54) is 35.5 Å². The summed E-state index contributed by atoms with van der Waals surface area (Å²) in [6.45, 7) is 12.4. The van der Waals surface area contributed by atoms with E-state index in [0.29, 0.717) is 0 Å². The van der Waals surface area contributed by atoms with Crippen molar-refractivity contribution in [2.75, 3.05) is 55.0 Å². The van der Waals surface area contributed by atoms with Gasteiger partial charge >= 0.3 is 0 Å². The van der Waals surface area contributed by atoms with Crippen molar-refractivity contribution in [3.8, 4) is 22.5 Å². The zero-order chi connectivity index (χ0) is 41.4. The minimum atomic E-state index is -0.245. The molecule has 1 aliphatic heterocycles. The summed E-state index contributed by atoms with van der Waals surface area (Å²) in [5.74, 6) is 1.57. The van der Waals surface area contributed by atoms with Crippen molar-refractivity contribution in [1.29, 1.82) is 0 Å². The molecule has 0 bridgehead atoms. The maximum Gasteiger partial charge on any atom is 0.191 e. The van der Waals surface area contributed by atoms with Gasteiger partial charge in [-0.3, -0.25) is 8.80 Å². The largest absolute Gasteiger partial charge is 0.368 e. The molecule has 1 N–H and O–H groups in total. The van der Waals surface area contributed by atoms with Gasteiger partial charge in [-0.25, -0.2) is 28.7 Å². The van der Waals surface area contributed by atoms with Crippen molar-refractivity contribution in [3.63, 3.8) is 0 Å². The zero-order valence-corrected chi connectivity index (χ0v) is 37.0. The lowest BCUT2D eigenvalue weighted by molar-refractivity contribution is 0.588. The number of thiazole rings is 2. The Hall–Kier alpha value is -5.22. The smallest absolute Gasteiger partial charge is 0.191 e. The molecule has 59 heavy (non-hydrogen) atoms. The number of nitrogens with one attached hydrogen (secondary N) is 1. The monoisotopic (exact) mass is 894 g/mol. The van der Waals surface area contributed by atoms with Crippen molar-refractivity contribution >= 4 is 77.5 Å². The SMILES string of the molecule is CCc1nc2c(C)cc(Br)cn2c1N(C)c1nc(-c2ccc(F)cc2)cs1.CCc1nc2c(C)cc(N3CCNCC3)cn2c1N(C)c1nc(-c2ccc(F)cc2)cs1. The van der Waals surface area contributed by atoms with Crippen LogP contribution in [-0.4, -0.2) is 69.0 Å². The van der Waals surface area contributed by atoms with E-state index in [0.717, 1.165) is 116 Å². The lowest BCUT2D eigenvalue weighted by Gasteiger charge is -2.30. The number of piperazine rings is 1. The molecule has 6 aromatic heterocycles. The highest BCUT2D eigenvalue weighted by atomic mass is 79.9. The maximum atomic E-state index is 13.3. The molecule has 1 aliphatic rings. The second kappa shape index (κ2) is 17.2. The molecule has 0 unspecified atom stereocenters. The highest BCUT2D eigenvalue weighted by Crippen LogP contribution is 2.37. The number of aromatic nitrogens is 6. The van der Waals surface area contributed by atoms with Gasteiger partial charge < -0.3 is 20.0 Å². The summed E-state index contributed by atoms with van der Waals surface area (Å²) < 4.78 is 31.8. The number of benzene rings is 2. The van der Waals surface area contributed by atoms with Crippen molar-refractivity contribution in [1.82, 2.24) is 34.1 Å². The summed E-state index contributed by atoms with van der Waals surface area (Å²) in [4.78, 5) is 26.0. The van der Waals surface area contributed by atoms with Crippen LogP contribution in [0, 0.1) is 25.5 Å². The third kappa shape index (κ3) is 8.21. The van der Waals surface area contributed by atoms with Crippen LogP contribution in [0.25, 0.3) is 33.8 Å². The third-order valence-electron chi connectivity index (χ3n) is 10.5. The average Bonchev–Trinajstić information content (AvgIpc) is 4.07. The number of anilines is 5. The fraction of sp³-hybridized carbons (Fsp3) is 0.273. The number of fused-ring (bicyclic) bond motifs is 2. The Morgan fingerprint density at radius 2 is 1.14 bits per heavy atom. The van der Waals surface area contributed by atoms with Gasteiger partial charge in [-0.15, -0.1) is 22.7 Å². The molecule has 0 atom stereocenters. The van der Waals surface area contributed by atoms with Crippen molar-refractivity contribution in [2.45, 2.75) is 40.5 Å². The van der Waals surface area contributed by atoms with Gasteiger partial charge in [0.05, 0.1) is 28.5 Å². The molecule has 0 spiro atoms. The average molecular weight is 896 g/mol. The van der Waals surface area contributed by atoms with E-state index in [1.54, 1.807) is 46.9 Å². The molecule has 7 heterocycles. The number of hydrogen-bond acceptors (Lipinski definition) is 10. The summed E-state index contributed by atoms with van der Waals surface area (Å²) >= 11 is 6.72. The van der Waals surface area contributed by atoms with E-state index < -0.39 is 0 Å². The van der Waals surface area contributed by atoms with Crippen LogP contribution in [0.15, 0.2) is 88.3 Å². The summed E-state index contributed by atoms with van der Waals surface area (Å²) in [6, 6.07) is 17.2. The van der Waals surface area contributed by atoms with E-state index in [2.05, 4.69) is 90.8 Å². The van der Waals surface area contributed by atoms with Crippen LogP contribution in [0.1, 0.15) is 36.4 Å². The first-order valence-corrected chi connectivity index (χ1v) is 22.1. The van der Waals surface area contributed by atoms with Crippen LogP contribution in [0.4, 0.5) is 36.4 Å². The van der Waals surface area contributed by atoms with E-state index in [1.807, 2.05) is 31.1 Å². The fourth-order valence-corrected chi connectivity index (χ4v) is 9.59. The molecule has 0 amide bonds. The molecule has 0 radical (unpaired) electrons. The number of rotatable bonds is 9. The summed E-state index contributed by atoms with van der Waals surface area (Å²) in [7, 11) is 4.05. The number of imidazole rings is 2. The second-order valence-electron chi connectivity index (χ2n) is 14.5. The normalized spacial score (nSPS) is 12.9. The van der Waals surface area contributed by atoms with E-state index in [4.69, 9.17) is 19.9 Å². The fourth-order valence-electron chi connectivity index (χ4n) is 7.44. The van der Waals surface area contributed by atoms with Gasteiger partial charge in [0.15, 0.2) is 10.3 Å². The number of nitrogens with zero attached hydrogens (tertiary/aromatic N) is 9. The number of aryl methyl sites for hydroxylation is 4. The Labute approximate surface area is 359 Å². The van der Waals surface area contributed by atoms with E-state index >= 15 is 0 Å². The number of halogens is 3. The predicted molar refractivity (Wildman–Crippen MR) is 243 cm³/mol. The molecular formula is C44H45BrF2N10S2. The molecule has 15 heteroatoms. The standard InChI is InChI=1S/C24H27FN6S.C20H18BrFN4S/c1-4-20-23(29(3)24-28-21(15-32-24)17-5-7-18(25)8-6-17)31-14-19(13-16(2)22(31)27-20)30-11-9-26-10-12-30;1-4-16-19(26-10-14(21)9-12(2)18(26)23-16)25(3)20-24-17(11-27-20)13-5-7-15(22)8-6-13/h5-8,13-15,26H,4,9-12H2,1-3H3;5-11H,4H2,1-3H3. The van der Waals surface area contributed by atoms with Crippen molar-refractivity contribution < 1.29 is 8.78 Å². The third-order valence-corrected chi connectivity index (χ3v) is 12.7. The molecule has 8 aromatic rings. The Kier molecular flexibility index (Phi) is 11.8. The molecule has 10 nitrogen and oxygen atoms in total. The summed E-state index contributed by atoms with van der Waals surface area (Å²) in [6.07, 6.45) is 5.91. The van der Waals surface area contributed by atoms with Gasteiger partial charge in [0.2, 0.25) is 0 Å². The Bertz CT molecular complexity index is 2730. The highest BCUT2D eigenvalue weighted by molar-refractivity contribution is 9.10. The van der Waals surface area contributed by atoms with Gasteiger partial charge in [0.1, 0.15) is 34.6 Å². The Morgan fingerprint density at radius 3 is 1.61 bits per heavy atom. The van der Waals surface area contributed by atoms with Crippen LogP contribution in [0.3, 0.4) is 0 Å². The second-order valence-corrected chi connectivity index (χ2v) is 17.1. The first kappa shape index (κ1) is 40.6. The lowest BCUT2D eigenvalue weighted by Crippen LogP contribution is -2.43. The molecule has 0 aliphatic carbocycles. The lowest BCUT2D eigenvalue weighted by atomic mass is 10.2. The minimum Gasteiger partial charge on any atom is -0.368 e. The maximum absolute atomic E-state index is 13.3. The van der Waals surface area contributed by atoms with Crippen LogP contribution in [0.2, 0.25) is 0 Å². The van der Waals surface area contributed by atoms with Gasteiger partial charge in [-0.2, -0.15) is 0 Å². The van der Waals surface area contributed by atoms with Crippen molar-refractivity contribution in [3.05, 3.63) is 122 Å². The quantitative estimate of drug-likeness (QED) is 0.153. The van der Waals surface area contributed by atoms with E-state index in [-0.39, 0.29) is 11.6 Å². The van der Waals surface area contributed by atoms with Crippen LogP contribution in [0.5, 0.6) is 0 Å².